The molecule has 0 fully saturated rings. The minimum Gasteiger partial charge on any atom is -0.504 e. The van der Waals surface area contributed by atoms with E-state index >= 15 is 0 Å². The third-order valence-electron chi connectivity index (χ3n) is 5.29. The summed E-state index contributed by atoms with van der Waals surface area (Å²) in [6.45, 7) is 3.65. The number of aromatic hydroxyl groups is 1. The number of rotatable bonds is 5. The highest BCUT2D eigenvalue weighted by Gasteiger charge is 2.33. The van der Waals surface area contributed by atoms with Crippen LogP contribution in [-0.2, 0) is 9.53 Å². The number of hydrogen-bond donors (Lipinski definition) is 1. The maximum atomic E-state index is 13.6. The number of hydrogen-bond acceptors (Lipinski definition) is 7. The summed E-state index contributed by atoms with van der Waals surface area (Å²) in [5.41, 5.74) is 1.83. The molecule has 0 unspecified atom stereocenters. The highest BCUT2D eigenvalue weighted by atomic mass is 79.9. The van der Waals surface area contributed by atoms with E-state index in [2.05, 4.69) is 20.9 Å². The summed E-state index contributed by atoms with van der Waals surface area (Å²) in [6.07, 6.45) is 1.69. The zero-order valence-electron chi connectivity index (χ0n) is 18.5. The highest BCUT2D eigenvalue weighted by Crippen LogP contribution is 2.33. The first-order chi connectivity index (χ1) is 16.2. The van der Waals surface area contributed by atoms with E-state index in [0.717, 1.165) is 0 Å². The van der Waals surface area contributed by atoms with Crippen LogP contribution in [-0.4, -0.2) is 29.4 Å². The van der Waals surface area contributed by atoms with Gasteiger partial charge in [0, 0.05) is 9.50 Å². The summed E-state index contributed by atoms with van der Waals surface area (Å²) in [5.74, 6) is -0.267. The number of fused-ring (bicyclic) bond motifs is 1. The van der Waals surface area contributed by atoms with Crippen molar-refractivity contribution in [3.05, 3.63) is 88.0 Å². The summed E-state index contributed by atoms with van der Waals surface area (Å²) in [6, 6.07) is 9.40. The zero-order chi connectivity index (χ0) is 24.6. The Labute approximate surface area is 212 Å². The number of esters is 1. The molecule has 176 valence electrons. The van der Waals surface area contributed by atoms with E-state index in [9.17, 15) is 14.7 Å². The molecule has 0 bridgehead atoms. The fraction of sp³-hybridized carbons (Fsp3) is 0.208. The molecule has 10 heteroatoms. The zero-order valence-corrected chi connectivity index (χ0v) is 21.6. The molecule has 0 spiro atoms. The van der Waals surface area contributed by atoms with E-state index in [1.807, 2.05) is 0 Å². The lowest BCUT2D eigenvalue weighted by Gasteiger charge is -2.24. The standard InChI is InChI=1S/C24H20BrClN2O5S/c1-4-33-23(31)20-12(2)27-24-28(21(20)13-5-7-15(26)8-6-13)22(30)19(34-24)10-14-9-18(32-3)17(29)11-16(14)25/h5-11,21,29H,4H2,1-3H3/b19-10-/t21-/m1/s1. The first-order valence-electron chi connectivity index (χ1n) is 10.3. The summed E-state index contributed by atoms with van der Waals surface area (Å²) < 4.78 is 13.0. The smallest absolute Gasteiger partial charge is 0.338 e. The molecule has 0 amide bonds. The molecule has 1 atom stereocenters. The van der Waals surface area contributed by atoms with Crippen LogP contribution in [0.1, 0.15) is 31.0 Å². The second-order valence-corrected chi connectivity index (χ2v) is 9.70. The van der Waals surface area contributed by atoms with Crippen molar-refractivity contribution >= 4 is 50.9 Å². The lowest BCUT2D eigenvalue weighted by molar-refractivity contribution is -0.139. The van der Waals surface area contributed by atoms with Crippen molar-refractivity contribution in [1.29, 1.82) is 0 Å². The molecule has 2 heterocycles. The van der Waals surface area contributed by atoms with Crippen molar-refractivity contribution in [2.45, 2.75) is 19.9 Å². The monoisotopic (exact) mass is 562 g/mol. The largest absolute Gasteiger partial charge is 0.504 e. The molecule has 1 aliphatic rings. The average molecular weight is 564 g/mol. The Kier molecular flexibility index (Phi) is 6.97. The van der Waals surface area contributed by atoms with Gasteiger partial charge in [0.1, 0.15) is 0 Å². The number of nitrogens with zero attached hydrogens (tertiary/aromatic N) is 2. The molecular formula is C24H20BrClN2O5S. The van der Waals surface area contributed by atoms with Crippen LogP contribution in [0.2, 0.25) is 5.02 Å². The van der Waals surface area contributed by atoms with Gasteiger partial charge in [-0.05, 0) is 55.3 Å². The lowest BCUT2D eigenvalue weighted by atomic mass is 9.96. The van der Waals surface area contributed by atoms with E-state index in [-0.39, 0.29) is 23.7 Å². The number of allylic oxidation sites excluding steroid dienone is 1. The van der Waals surface area contributed by atoms with Crippen LogP contribution in [0.4, 0.5) is 0 Å². The predicted molar refractivity (Wildman–Crippen MR) is 134 cm³/mol. The first kappa shape index (κ1) is 24.3. The molecule has 4 rings (SSSR count). The number of phenolic OH excluding ortho intramolecular Hbond substituents is 1. The van der Waals surface area contributed by atoms with Crippen molar-refractivity contribution in [3.8, 4) is 11.5 Å². The van der Waals surface area contributed by atoms with E-state index < -0.39 is 12.0 Å². The van der Waals surface area contributed by atoms with Gasteiger partial charge in [-0.15, -0.1) is 0 Å². The Morgan fingerprint density at radius 2 is 2.03 bits per heavy atom. The first-order valence-corrected chi connectivity index (χ1v) is 12.3. The van der Waals surface area contributed by atoms with Crippen LogP contribution >= 0.6 is 38.9 Å². The van der Waals surface area contributed by atoms with Crippen LogP contribution in [0.25, 0.3) is 6.08 Å². The van der Waals surface area contributed by atoms with Gasteiger partial charge in [0.2, 0.25) is 0 Å². The maximum absolute atomic E-state index is 13.6. The second kappa shape index (κ2) is 9.77. The summed E-state index contributed by atoms with van der Waals surface area (Å²) in [4.78, 5) is 31.5. The van der Waals surface area contributed by atoms with Crippen molar-refractivity contribution in [3.63, 3.8) is 0 Å². The lowest BCUT2D eigenvalue weighted by Crippen LogP contribution is -2.39. The number of ether oxygens (including phenoxy) is 2. The molecular weight excluding hydrogens is 544 g/mol. The van der Waals surface area contributed by atoms with Crippen molar-refractivity contribution in [1.82, 2.24) is 4.57 Å². The van der Waals surface area contributed by atoms with Gasteiger partial charge in [0.15, 0.2) is 16.3 Å². The summed E-state index contributed by atoms with van der Waals surface area (Å²) >= 11 is 10.7. The normalized spacial score (nSPS) is 15.7. The number of benzene rings is 2. The molecule has 1 aliphatic heterocycles. The van der Waals surface area contributed by atoms with Crippen LogP contribution < -0.4 is 19.6 Å². The van der Waals surface area contributed by atoms with Gasteiger partial charge in [-0.25, -0.2) is 9.79 Å². The summed E-state index contributed by atoms with van der Waals surface area (Å²) in [7, 11) is 1.45. The predicted octanol–water partition coefficient (Wildman–Crippen LogP) is 3.93. The minimum atomic E-state index is -0.715. The van der Waals surface area contributed by atoms with Crippen molar-refractivity contribution in [2.24, 2.45) is 4.99 Å². The molecule has 0 saturated carbocycles. The fourth-order valence-electron chi connectivity index (χ4n) is 3.73. The number of thiazole rings is 1. The number of halogens is 2. The molecule has 7 nitrogen and oxygen atoms in total. The maximum Gasteiger partial charge on any atom is 0.338 e. The van der Waals surface area contributed by atoms with Gasteiger partial charge in [-0.1, -0.05) is 51.0 Å². The Hall–Kier alpha value is -2.88. The minimum absolute atomic E-state index is 0.0228. The Bertz CT molecular complexity index is 1490. The van der Waals surface area contributed by atoms with E-state index in [4.69, 9.17) is 21.1 Å². The van der Waals surface area contributed by atoms with Crippen LogP contribution in [0, 0.1) is 0 Å². The highest BCUT2D eigenvalue weighted by molar-refractivity contribution is 9.10. The van der Waals surface area contributed by atoms with Crippen LogP contribution in [0.15, 0.2) is 61.9 Å². The molecule has 1 aromatic heterocycles. The topological polar surface area (TPSA) is 90.1 Å². The van der Waals surface area contributed by atoms with E-state index in [0.29, 0.717) is 41.2 Å². The van der Waals surface area contributed by atoms with E-state index in [1.54, 1.807) is 50.3 Å². The van der Waals surface area contributed by atoms with Gasteiger partial charge < -0.3 is 14.6 Å². The van der Waals surface area contributed by atoms with Gasteiger partial charge in [-0.2, -0.15) is 0 Å². The average Bonchev–Trinajstić information content (AvgIpc) is 3.10. The molecule has 34 heavy (non-hydrogen) atoms. The second-order valence-electron chi connectivity index (χ2n) is 7.40. The van der Waals surface area contributed by atoms with Gasteiger partial charge in [0.25, 0.3) is 5.56 Å². The number of carbonyl (C=O) groups is 1. The van der Waals surface area contributed by atoms with Crippen molar-refractivity contribution in [2.75, 3.05) is 13.7 Å². The number of phenols is 1. The van der Waals surface area contributed by atoms with Crippen LogP contribution in [0.3, 0.4) is 0 Å². The SMILES string of the molecule is CCOC(=O)C1=C(C)N=c2s/c(=C\c3cc(OC)c(O)cc3Br)c(=O)n2[C@@H]1c1ccc(Cl)cc1. The Morgan fingerprint density at radius 1 is 1.32 bits per heavy atom. The third-order valence-corrected chi connectivity index (χ3v) is 7.21. The van der Waals surface area contributed by atoms with Gasteiger partial charge in [0.05, 0.1) is 35.6 Å². The summed E-state index contributed by atoms with van der Waals surface area (Å²) in [5, 5.41) is 10.5. The fourth-order valence-corrected chi connectivity index (χ4v) is 5.34. The van der Waals surface area contributed by atoms with Crippen molar-refractivity contribution < 1.29 is 19.4 Å². The number of carbonyl (C=O) groups excluding carboxylic acids is 1. The van der Waals surface area contributed by atoms with E-state index in [1.165, 1.54) is 29.1 Å². The molecule has 3 aromatic rings. The number of aromatic nitrogens is 1. The quantitative estimate of drug-likeness (QED) is 0.475. The number of methoxy groups -OCH3 is 1. The molecule has 2 aromatic carbocycles. The molecule has 0 radical (unpaired) electrons. The van der Waals surface area contributed by atoms with Crippen LogP contribution in [0.5, 0.6) is 11.5 Å². The Morgan fingerprint density at radius 3 is 2.68 bits per heavy atom. The molecule has 0 saturated heterocycles. The van der Waals surface area contributed by atoms with Gasteiger partial charge >= 0.3 is 5.97 Å². The molecule has 1 N–H and O–H groups in total. The van der Waals surface area contributed by atoms with Gasteiger partial charge in [-0.3, -0.25) is 9.36 Å². The Balaban J connectivity index is 1.96. The molecule has 0 aliphatic carbocycles. The third kappa shape index (κ3) is 4.43.